The lowest BCUT2D eigenvalue weighted by Gasteiger charge is -2.28. The normalized spacial score (nSPS) is 36.5. The molecular formula is C10H16O2. The molecule has 1 saturated carbocycles. The van der Waals surface area contributed by atoms with Gasteiger partial charge in [-0.05, 0) is 24.7 Å². The fraction of sp³-hybridized carbons (Fsp3) is 0.900. The summed E-state index contributed by atoms with van der Waals surface area (Å²) in [5, 5.41) is 0. The minimum atomic E-state index is 0.0180. The highest BCUT2D eigenvalue weighted by Gasteiger charge is 2.29. The van der Waals surface area contributed by atoms with Gasteiger partial charge >= 0.3 is 5.97 Å². The zero-order valence-corrected chi connectivity index (χ0v) is 7.42. The third-order valence-electron chi connectivity index (χ3n) is 3.24. The molecule has 1 heterocycles. The third-order valence-corrected chi connectivity index (χ3v) is 3.24. The SMILES string of the molecule is O=C1CCC2CCCCC2CO1. The van der Waals surface area contributed by atoms with Gasteiger partial charge < -0.3 is 4.74 Å². The van der Waals surface area contributed by atoms with Crippen molar-refractivity contribution in [2.24, 2.45) is 11.8 Å². The molecule has 2 aliphatic rings. The molecule has 0 spiro atoms. The molecule has 0 radical (unpaired) electrons. The number of carbonyl (C=O) groups excluding carboxylic acids is 1. The lowest BCUT2D eigenvalue weighted by Crippen LogP contribution is -2.21. The predicted octanol–water partition coefficient (Wildman–Crippen LogP) is 2.13. The first-order valence-corrected chi connectivity index (χ1v) is 5.02. The fourth-order valence-corrected chi connectivity index (χ4v) is 2.46. The van der Waals surface area contributed by atoms with E-state index < -0.39 is 0 Å². The molecule has 0 bridgehead atoms. The molecule has 0 aromatic carbocycles. The Labute approximate surface area is 73.3 Å². The van der Waals surface area contributed by atoms with Crippen LogP contribution in [0.4, 0.5) is 0 Å². The fourth-order valence-electron chi connectivity index (χ4n) is 2.46. The number of rotatable bonds is 0. The molecule has 0 amide bonds. The molecule has 2 heteroatoms. The van der Waals surface area contributed by atoms with Gasteiger partial charge in [-0.1, -0.05) is 19.3 Å². The largest absolute Gasteiger partial charge is 0.465 e. The van der Waals surface area contributed by atoms with Crippen molar-refractivity contribution >= 4 is 5.97 Å². The van der Waals surface area contributed by atoms with Crippen molar-refractivity contribution in [3.8, 4) is 0 Å². The van der Waals surface area contributed by atoms with Crippen LogP contribution in [-0.2, 0) is 9.53 Å². The Morgan fingerprint density at radius 2 is 1.83 bits per heavy atom. The summed E-state index contributed by atoms with van der Waals surface area (Å²) < 4.78 is 5.13. The van der Waals surface area contributed by atoms with Crippen LogP contribution in [0.1, 0.15) is 38.5 Å². The van der Waals surface area contributed by atoms with Crippen LogP contribution in [0.15, 0.2) is 0 Å². The first-order chi connectivity index (χ1) is 5.86. The van der Waals surface area contributed by atoms with E-state index in [1.165, 1.54) is 25.7 Å². The van der Waals surface area contributed by atoms with Crippen molar-refractivity contribution in [2.75, 3.05) is 6.61 Å². The van der Waals surface area contributed by atoms with Gasteiger partial charge in [0.25, 0.3) is 0 Å². The molecule has 0 N–H and O–H groups in total. The van der Waals surface area contributed by atoms with E-state index in [0.717, 1.165) is 12.3 Å². The Hall–Kier alpha value is -0.530. The maximum Gasteiger partial charge on any atom is 0.305 e. The summed E-state index contributed by atoms with van der Waals surface area (Å²) in [7, 11) is 0. The maximum absolute atomic E-state index is 11.0. The maximum atomic E-state index is 11.0. The van der Waals surface area contributed by atoms with Crippen LogP contribution in [0.2, 0.25) is 0 Å². The number of esters is 1. The molecule has 1 saturated heterocycles. The summed E-state index contributed by atoms with van der Waals surface area (Å²) in [5.74, 6) is 1.49. The lowest BCUT2D eigenvalue weighted by molar-refractivity contribution is -0.143. The van der Waals surface area contributed by atoms with Crippen LogP contribution in [0.3, 0.4) is 0 Å². The molecule has 1 aliphatic carbocycles. The Morgan fingerprint density at radius 3 is 2.67 bits per heavy atom. The van der Waals surface area contributed by atoms with E-state index in [-0.39, 0.29) is 5.97 Å². The summed E-state index contributed by atoms with van der Waals surface area (Å²) in [4.78, 5) is 11.0. The molecular weight excluding hydrogens is 152 g/mol. The Balaban J connectivity index is 1.98. The molecule has 2 atom stereocenters. The highest BCUT2D eigenvalue weighted by Crippen LogP contribution is 2.35. The van der Waals surface area contributed by atoms with Gasteiger partial charge in [0, 0.05) is 6.42 Å². The summed E-state index contributed by atoms with van der Waals surface area (Å²) in [6.45, 7) is 0.698. The number of ether oxygens (including phenoxy) is 1. The third kappa shape index (κ3) is 1.62. The van der Waals surface area contributed by atoms with Crippen LogP contribution in [0.5, 0.6) is 0 Å². The molecule has 1 aliphatic heterocycles. The molecule has 68 valence electrons. The van der Waals surface area contributed by atoms with Gasteiger partial charge in [-0.3, -0.25) is 4.79 Å². The van der Waals surface area contributed by atoms with Gasteiger partial charge in [-0.2, -0.15) is 0 Å². The van der Waals surface area contributed by atoms with E-state index in [4.69, 9.17) is 4.74 Å². The smallest absolute Gasteiger partial charge is 0.305 e. The van der Waals surface area contributed by atoms with Crippen LogP contribution >= 0.6 is 0 Å². The molecule has 12 heavy (non-hydrogen) atoms. The van der Waals surface area contributed by atoms with Gasteiger partial charge in [-0.25, -0.2) is 0 Å². The van der Waals surface area contributed by atoms with Crippen molar-refractivity contribution < 1.29 is 9.53 Å². The first kappa shape index (κ1) is 8.09. The Morgan fingerprint density at radius 1 is 1.08 bits per heavy atom. The van der Waals surface area contributed by atoms with Gasteiger partial charge in [0.1, 0.15) is 0 Å². The van der Waals surface area contributed by atoms with E-state index in [2.05, 4.69) is 0 Å². The van der Waals surface area contributed by atoms with E-state index in [1.807, 2.05) is 0 Å². The number of cyclic esters (lactones) is 1. The van der Waals surface area contributed by atoms with Gasteiger partial charge in [0.15, 0.2) is 0 Å². The van der Waals surface area contributed by atoms with E-state index in [9.17, 15) is 4.79 Å². The molecule has 2 rings (SSSR count). The van der Waals surface area contributed by atoms with Crippen molar-refractivity contribution in [2.45, 2.75) is 38.5 Å². The first-order valence-electron chi connectivity index (χ1n) is 5.02. The van der Waals surface area contributed by atoms with E-state index in [0.29, 0.717) is 18.9 Å². The van der Waals surface area contributed by atoms with Crippen LogP contribution in [0, 0.1) is 11.8 Å². The van der Waals surface area contributed by atoms with Crippen molar-refractivity contribution in [3.05, 3.63) is 0 Å². The minimum absolute atomic E-state index is 0.0180. The highest BCUT2D eigenvalue weighted by molar-refractivity contribution is 5.69. The van der Waals surface area contributed by atoms with Gasteiger partial charge in [-0.15, -0.1) is 0 Å². The summed E-state index contributed by atoms with van der Waals surface area (Å²) >= 11 is 0. The molecule has 0 aromatic heterocycles. The average molecular weight is 168 g/mol. The number of hydrogen-bond acceptors (Lipinski definition) is 2. The van der Waals surface area contributed by atoms with Crippen molar-refractivity contribution in [1.82, 2.24) is 0 Å². The summed E-state index contributed by atoms with van der Waals surface area (Å²) in [5.41, 5.74) is 0. The number of carbonyl (C=O) groups is 1. The Kier molecular flexibility index (Phi) is 2.33. The van der Waals surface area contributed by atoms with Crippen LogP contribution in [-0.4, -0.2) is 12.6 Å². The topological polar surface area (TPSA) is 26.3 Å². The van der Waals surface area contributed by atoms with Crippen LogP contribution < -0.4 is 0 Å². The van der Waals surface area contributed by atoms with Gasteiger partial charge in [0.05, 0.1) is 6.61 Å². The van der Waals surface area contributed by atoms with E-state index in [1.54, 1.807) is 0 Å². The lowest BCUT2D eigenvalue weighted by atomic mass is 9.78. The van der Waals surface area contributed by atoms with Crippen molar-refractivity contribution in [1.29, 1.82) is 0 Å². The Bertz CT molecular complexity index is 159. The number of hydrogen-bond donors (Lipinski definition) is 0. The van der Waals surface area contributed by atoms with E-state index >= 15 is 0 Å². The monoisotopic (exact) mass is 168 g/mol. The quantitative estimate of drug-likeness (QED) is 0.518. The zero-order chi connectivity index (χ0) is 8.39. The minimum Gasteiger partial charge on any atom is -0.465 e. The number of fused-ring (bicyclic) bond motifs is 1. The van der Waals surface area contributed by atoms with Crippen LogP contribution in [0.25, 0.3) is 0 Å². The molecule has 2 nitrogen and oxygen atoms in total. The standard InChI is InChI=1S/C10H16O2/c11-10-6-5-8-3-1-2-4-9(8)7-12-10/h8-9H,1-7H2. The summed E-state index contributed by atoms with van der Waals surface area (Å²) in [6.07, 6.45) is 7.01. The van der Waals surface area contributed by atoms with Crippen molar-refractivity contribution in [3.63, 3.8) is 0 Å². The van der Waals surface area contributed by atoms with Gasteiger partial charge in [0.2, 0.25) is 0 Å². The molecule has 2 fully saturated rings. The average Bonchev–Trinajstić information content (AvgIpc) is 2.29. The molecule has 2 unspecified atom stereocenters. The second-order valence-electron chi connectivity index (χ2n) is 4.03. The highest BCUT2D eigenvalue weighted by atomic mass is 16.5. The predicted molar refractivity (Wildman–Crippen MR) is 45.6 cm³/mol. The molecule has 0 aromatic rings. The summed E-state index contributed by atoms with van der Waals surface area (Å²) in [6, 6.07) is 0. The zero-order valence-electron chi connectivity index (χ0n) is 7.42. The second kappa shape index (κ2) is 3.46. The second-order valence-corrected chi connectivity index (χ2v) is 4.03.